The molecule has 17 heavy (non-hydrogen) atoms. The molecule has 0 aromatic rings. The van der Waals surface area contributed by atoms with Crippen LogP contribution >= 0.6 is 0 Å². The minimum absolute atomic E-state index is 0.378. The number of hydrogen-bond acceptors (Lipinski definition) is 2. The molecule has 1 aliphatic heterocycles. The van der Waals surface area contributed by atoms with Gasteiger partial charge in [0.05, 0.1) is 0 Å². The van der Waals surface area contributed by atoms with Crippen LogP contribution in [0.2, 0.25) is 0 Å². The monoisotopic (exact) mass is 240 g/mol. The summed E-state index contributed by atoms with van der Waals surface area (Å²) in [6.45, 7) is 9.41. The zero-order valence-electron chi connectivity index (χ0n) is 12.1. The van der Waals surface area contributed by atoms with Crippen LogP contribution in [0.15, 0.2) is 0 Å². The van der Waals surface area contributed by atoms with Crippen LogP contribution in [0.4, 0.5) is 0 Å². The molecule has 2 nitrogen and oxygen atoms in total. The molecular formula is C15H32N2. The molecule has 0 aromatic heterocycles. The van der Waals surface area contributed by atoms with Gasteiger partial charge >= 0.3 is 0 Å². The summed E-state index contributed by atoms with van der Waals surface area (Å²) in [7, 11) is 0. The second-order valence-corrected chi connectivity index (χ2v) is 5.67. The van der Waals surface area contributed by atoms with E-state index in [1.807, 2.05) is 0 Å². The highest BCUT2D eigenvalue weighted by Crippen LogP contribution is 2.23. The maximum absolute atomic E-state index is 6.35. The largest absolute Gasteiger partial charge is 0.326 e. The molecular weight excluding hydrogens is 208 g/mol. The van der Waals surface area contributed by atoms with Gasteiger partial charge in [0.15, 0.2) is 0 Å². The van der Waals surface area contributed by atoms with Crippen LogP contribution in [0.5, 0.6) is 0 Å². The molecule has 102 valence electrons. The quantitative estimate of drug-likeness (QED) is 0.771. The first-order chi connectivity index (χ1) is 8.22. The Bertz CT molecular complexity index is 193. The van der Waals surface area contributed by atoms with Gasteiger partial charge in [-0.1, -0.05) is 33.6 Å². The number of rotatable bonds is 6. The SMILES string of the molecule is CCCC(N)C(CC)N1CCCC(CC)CC1. The van der Waals surface area contributed by atoms with E-state index in [0.717, 1.165) is 5.92 Å². The van der Waals surface area contributed by atoms with Gasteiger partial charge in [-0.3, -0.25) is 4.90 Å². The van der Waals surface area contributed by atoms with Gasteiger partial charge in [0, 0.05) is 12.1 Å². The highest BCUT2D eigenvalue weighted by molar-refractivity contribution is 4.83. The number of nitrogens with two attached hydrogens (primary N) is 1. The topological polar surface area (TPSA) is 29.3 Å². The molecule has 1 rings (SSSR count). The van der Waals surface area contributed by atoms with E-state index in [4.69, 9.17) is 5.73 Å². The fourth-order valence-electron chi connectivity index (χ4n) is 3.28. The fraction of sp³-hybridized carbons (Fsp3) is 1.00. The Labute approximate surface area is 108 Å². The summed E-state index contributed by atoms with van der Waals surface area (Å²) in [6.07, 6.45) is 9.12. The molecule has 2 N–H and O–H groups in total. The van der Waals surface area contributed by atoms with Gasteiger partial charge in [-0.05, 0) is 51.1 Å². The summed E-state index contributed by atoms with van der Waals surface area (Å²) in [5.74, 6) is 0.958. The van der Waals surface area contributed by atoms with Crippen molar-refractivity contribution in [2.24, 2.45) is 11.7 Å². The van der Waals surface area contributed by atoms with Crippen molar-refractivity contribution in [3.63, 3.8) is 0 Å². The van der Waals surface area contributed by atoms with Gasteiger partial charge in [0.1, 0.15) is 0 Å². The van der Waals surface area contributed by atoms with E-state index in [1.165, 1.54) is 58.0 Å². The van der Waals surface area contributed by atoms with Crippen molar-refractivity contribution in [3.8, 4) is 0 Å². The lowest BCUT2D eigenvalue weighted by atomic mass is 9.98. The molecule has 2 heteroatoms. The lowest BCUT2D eigenvalue weighted by Gasteiger charge is -2.34. The summed E-state index contributed by atoms with van der Waals surface area (Å²) in [5.41, 5.74) is 6.35. The predicted molar refractivity (Wildman–Crippen MR) is 76.2 cm³/mol. The molecule has 0 aromatic carbocycles. The lowest BCUT2D eigenvalue weighted by Crippen LogP contribution is -2.47. The van der Waals surface area contributed by atoms with Crippen molar-refractivity contribution in [1.29, 1.82) is 0 Å². The number of nitrogens with zero attached hydrogens (tertiary/aromatic N) is 1. The van der Waals surface area contributed by atoms with Crippen LogP contribution in [0, 0.1) is 5.92 Å². The van der Waals surface area contributed by atoms with Crippen LogP contribution in [-0.4, -0.2) is 30.1 Å². The van der Waals surface area contributed by atoms with E-state index in [0.29, 0.717) is 12.1 Å². The number of likely N-dealkylation sites (tertiary alicyclic amines) is 1. The minimum atomic E-state index is 0.378. The predicted octanol–water partition coefficient (Wildman–Crippen LogP) is 3.40. The maximum atomic E-state index is 6.35. The van der Waals surface area contributed by atoms with Gasteiger partial charge in [-0.25, -0.2) is 0 Å². The van der Waals surface area contributed by atoms with Gasteiger partial charge in [-0.2, -0.15) is 0 Å². The van der Waals surface area contributed by atoms with Crippen LogP contribution < -0.4 is 5.73 Å². The average Bonchev–Trinajstić information content (AvgIpc) is 2.56. The molecule has 0 aliphatic carbocycles. The second-order valence-electron chi connectivity index (χ2n) is 5.67. The Morgan fingerprint density at radius 3 is 2.53 bits per heavy atom. The van der Waals surface area contributed by atoms with Crippen molar-refractivity contribution >= 4 is 0 Å². The lowest BCUT2D eigenvalue weighted by molar-refractivity contribution is 0.165. The van der Waals surface area contributed by atoms with Crippen molar-refractivity contribution in [3.05, 3.63) is 0 Å². The molecule has 0 saturated carbocycles. The Hall–Kier alpha value is -0.0800. The van der Waals surface area contributed by atoms with E-state index in [9.17, 15) is 0 Å². The normalized spacial score (nSPS) is 26.5. The second kappa shape index (κ2) is 8.10. The van der Waals surface area contributed by atoms with Crippen LogP contribution in [0.25, 0.3) is 0 Å². The molecule has 3 atom stereocenters. The first-order valence-electron chi connectivity index (χ1n) is 7.72. The smallest absolute Gasteiger partial charge is 0.0244 e. The third kappa shape index (κ3) is 4.59. The maximum Gasteiger partial charge on any atom is 0.0244 e. The first-order valence-corrected chi connectivity index (χ1v) is 7.72. The third-order valence-electron chi connectivity index (χ3n) is 4.46. The standard InChI is InChI=1S/C15H32N2/c1-4-8-14(16)15(6-3)17-11-7-9-13(5-2)10-12-17/h13-15H,4-12,16H2,1-3H3. The molecule has 1 heterocycles. The zero-order valence-corrected chi connectivity index (χ0v) is 12.1. The molecule has 0 bridgehead atoms. The van der Waals surface area contributed by atoms with Crippen molar-refractivity contribution in [1.82, 2.24) is 4.90 Å². The Morgan fingerprint density at radius 2 is 1.94 bits per heavy atom. The Balaban J connectivity index is 2.50. The summed E-state index contributed by atoms with van der Waals surface area (Å²) < 4.78 is 0. The van der Waals surface area contributed by atoms with E-state index in [1.54, 1.807) is 0 Å². The van der Waals surface area contributed by atoms with Gasteiger partial charge < -0.3 is 5.73 Å². The van der Waals surface area contributed by atoms with Crippen molar-refractivity contribution < 1.29 is 0 Å². The Morgan fingerprint density at radius 1 is 1.18 bits per heavy atom. The molecule has 1 saturated heterocycles. The molecule has 0 radical (unpaired) electrons. The van der Waals surface area contributed by atoms with Crippen molar-refractivity contribution in [2.45, 2.75) is 77.8 Å². The molecule has 1 aliphatic rings. The summed E-state index contributed by atoms with van der Waals surface area (Å²) in [5, 5.41) is 0. The van der Waals surface area contributed by atoms with Gasteiger partial charge in [0.25, 0.3) is 0 Å². The molecule has 3 unspecified atom stereocenters. The van der Waals surface area contributed by atoms with Crippen molar-refractivity contribution in [2.75, 3.05) is 13.1 Å². The summed E-state index contributed by atoms with van der Waals surface area (Å²) >= 11 is 0. The van der Waals surface area contributed by atoms with E-state index >= 15 is 0 Å². The highest BCUT2D eigenvalue weighted by Gasteiger charge is 2.25. The minimum Gasteiger partial charge on any atom is -0.326 e. The van der Waals surface area contributed by atoms with E-state index in [2.05, 4.69) is 25.7 Å². The van der Waals surface area contributed by atoms with Crippen LogP contribution in [0.3, 0.4) is 0 Å². The van der Waals surface area contributed by atoms with Gasteiger partial charge in [-0.15, -0.1) is 0 Å². The molecule has 0 amide bonds. The fourth-order valence-corrected chi connectivity index (χ4v) is 3.28. The first kappa shape index (κ1) is 15.0. The van der Waals surface area contributed by atoms with E-state index in [-0.39, 0.29) is 0 Å². The zero-order chi connectivity index (χ0) is 12.7. The van der Waals surface area contributed by atoms with Gasteiger partial charge in [0.2, 0.25) is 0 Å². The average molecular weight is 240 g/mol. The summed E-state index contributed by atoms with van der Waals surface area (Å²) in [6, 6.07) is 0.994. The Kier molecular flexibility index (Phi) is 7.14. The third-order valence-corrected chi connectivity index (χ3v) is 4.46. The van der Waals surface area contributed by atoms with E-state index < -0.39 is 0 Å². The molecule has 0 spiro atoms. The number of hydrogen-bond donors (Lipinski definition) is 1. The van der Waals surface area contributed by atoms with Crippen LogP contribution in [-0.2, 0) is 0 Å². The molecule has 1 fully saturated rings. The highest BCUT2D eigenvalue weighted by atomic mass is 15.2. The summed E-state index contributed by atoms with van der Waals surface area (Å²) in [4.78, 5) is 2.68. The van der Waals surface area contributed by atoms with Crippen LogP contribution in [0.1, 0.15) is 65.7 Å².